The number of carbonyl (C=O) groups excluding carboxylic acids is 1. The normalized spacial score (nSPS) is 16.2. The van der Waals surface area contributed by atoms with E-state index in [9.17, 15) is 22.8 Å². The van der Waals surface area contributed by atoms with Crippen LogP contribution in [0.1, 0.15) is 63.8 Å². The van der Waals surface area contributed by atoms with Gasteiger partial charge in [0.1, 0.15) is 11.6 Å². The maximum absolute atomic E-state index is 13.9. The number of carboxylic acids is 1. The molecular weight excluding hydrogens is 615 g/mol. The number of benzene rings is 2. The second kappa shape index (κ2) is 13.7. The number of amides is 1. The quantitative estimate of drug-likeness (QED) is 0.204. The highest BCUT2D eigenvalue weighted by Crippen LogP contribution is 2.36. The largest absolute Gasteiger partial charge is 0.493 e. The summed E-state index contributed by atoms with van der Waals surface area (Å²) in [4.78, 5) is 36.1. The summed E-state index contributed by atoms with van der Waals surface area (Å²) in [7, 11) is 0. The molecule has 2 aromatic heterocycles. The van der Waals surface area contributed by atoms with Crippen molar-refractivity contribution in [2.75, 3.05) is 47.9 Å². The van der Waals surface area contributed by atoms with Crippen molar-refractivity contribution in [3.05, 3.63) is 95.5 Å². The number of alkyl halides is 3. The van der Waals surface area contributed by atoms with Gasteiger partial charge in [-0.15, -0.1) is 0 Å². The van der Waals surface area contributed by atoms with E-state index < -0.39 is 29.5 Å². The first-order chi connectivity index (χ1) is 22.6. The molecule has 0 saturated carbocycles. The molecule has 2 aliphatic heterocycles. The van der Waals surface area contributed by atoms with Crippen LogP contribution in [0.4, 0.5) is 30.7 Å². The Morgan fingerprint density at radius 3 is 2.32 bits per heavy atom. The van der Waals surface area contributed by atoms with Crippen LogP contribution in [0.2, 0.25) is 0 Å². The van der Waals surface area contributed by atoms with Crippen molar-refractivity contribution in [2.45, 2.75) is 37.8 Å². The van der Waals surface area contributed by atoms with Gasteiger partial charge in [0.25, 0.3) is 11.9 Å². The zero-order valence-electron chi connectivity index (χ0n) is 25.4. The molecule has 2 aliphatic rings. The SMILES string of the molecule is O=C(O)c1cccc(OCC2CCN(c3ccc(NC(=O)c4oc(N5CCC(c6ccccc6)CC5)nc4C(F)(F)F)cn3)CC2)c1. The summed E-state index contributed by atoms with van der Waals surface area (Å²) in [6.45, 7) is 2.79. The Balaban J connectivity index is 1.03. The van der Waals surface area contributed by atoms with Crippen molar-refractivity contribution in [3.63, 3.8) is 0 Å². The fourth-order valence-electron chi connectivity index (χ4n) is 6.02. The lowest BCUT2D eigenvalue weighted by Crippen LogP contribution is -2.36. The van der Waals surface area contributed by atoms with Gasteiger partial charge >= 0.3 is 12.1 Å². The third kappa shape index (κ3) is 7.67. The number of aromatic nitrogens is 2. The van der Waals surface area contributed by atoms with Gasteiger partial charge in [0.05, 0.1) is 24.1 Å². The Labute approximate surface area is 269 Å². The van der Waals surface area contributed by atoms with Gasteiger partial charge in [0, 0.05) is 26.2 Å². The standard InChI is InChI=1S/C34H34F3N5O5/c35-34(36,37)30-29(47-33(40-30)42-17-13-24(14-18-42)23-5-2-1-3-6-23)31(43)39-26-9-10-28(38-20-26)41-15-11-22(12-16-41)21-46-27-8-4-7-25(19-27)32(44)45/h1-10,19-20,22,24H,11-18,21H2,(H,39,43)(H,44,45). The van der Waals surface area contributed by atoms with Crippen molar-refractivity contribution >= 4 is 29.4 Å². The average molecular weight is 650 g/mol. The minimum absolute atomic E-state index is 0.171. The number of rotatable bonds is 9. The van der Waals surface area contributed by atoms with Crippen LogP contribution in [0.25, 0.3) is 0 Å². The summed E-state index contributed by atoms with van der Waals surface area (Å²) in [6.07, 6.45) is -0.369. The van der Waals surface area contributed by atoms with Crippen LogP contribution >= 0.6 is 0 Å². The fraction of sp³-hybridized carbons (Fsp3) is 0.353. The molecular formula is C34H34F3N5O5. The molecule has 0 radical (unpaired) electrons. The molecule has 0 bridgehead atoms. The zero-order chi connectivity index (χ0) is 33.0. The molecule has 0 atom stereocenters. The lowest BCUT2D eigenvalue weighted by atomic mass is 9.90. The first kappa shape index (κ1) is 31.9. The number of piperidine rings is 2. The zero-order valence-corrected chi connectivity index (χ0v) is 25.4. The minimum atomic E-state index is -4.88. The van der Waals surface area contributed by atoms with Crippen molar-refractivity contribution in [1.29, 1.82) is 0 Å². The molecule has 2 N–H and O–H groups in total. The van der Waals surface area contributed by atoms with Crippen LogP contribution in [0, 0.1) is 5.92 Å². The molecule has 2 fully saturated rings. The number of ether oxygens (including phenoxy) is 1. The van der Waals surface area contributed by atoms with Crippen molar-refractivity contribution < 1.29 is 37.0 Å². The van der Waals surface area contributed by atoms with E-state index in [1.807, 2.05) is 30.3 Å². The molecule has 1 amide bonds. The highest BCUT2D eigenvalue weighted by Gasteiger charge is 2.42. The number of hydrogen-bond donors (Lipinski definition) is 2. The van der Waals surface area contributed by atoms with E-state index in [1.54, 1.807) is 29.2 Å². The third-order valence-electron chi connectivity index (χ3n) is 8.64. The van der Waals surface area contributed by atoms with E-state index >= 15 is 0 Å². The van der Waals surface area contributed by atoms with Crippen LogP contribution in [0.5, 0.6) is 5.75 Å². The highest BCUT2D eigenvalue weighted by molar-refractivity contribution is 6.03. The lowest BCUT2D eigenvalue weighted by Gasteiger charge is -2.32. The Kier molecular flexibility index (Phi) is 9.32. The van der Waals surface area contributed by atoms with Crippen molar-refractivity contribution in [3.8, 4) is 5.75 Å². The Morgan fingerprint density at radius 1 is 0.936 bits per heavy atom. The molecule has 246 valence electrons. The van der Waals surface area contributed by atoms with Crippen molar-refractivity contribution in [1.82, 2.24) is 9.97 Å². The fourth-order valence-corrected chi connectivity index (χ4v) is 6.02. The molecule has 6 rings (SSSR count). The summed E-state index contributed by atoms with van der Waals surface area (Å²) in [5, 5.41) is 11.6. The molecule has 0 unspecified atom stereocenters. The smallest absolute Gasteiger partial charge is 0.437 e. The number of hydrogen-bond acceptors (Lipinski definition) is 8. The van der Waals surface area contributed by atoms with Gasteiger partial charge in [-0.3, -0.25) is 4.79 Å². The maximum atomic E-state index is 13.9. The number of nitrogens with one attached hydrogen (secondary N) is 1. The van der Waals surface area contributed by atoms with Gasteiger partial charge in [0.15, 0.2) is 5.69 Å². The summed E-state index contributed by atoms with van der Waals surface area (Å²) in [5.41, 5.74) is 0.220. The second-order valence-corrected chi connectivity index (χ2v) is 11.8. The van der Waals surface area contributed by atoms with Gasteiger partial charge in [-0.05, 0) is 73.4 Å². The van der Waals surface area contributed by atoms with E-state index in [-0.39, 0.29) is 23.2 Å². The number of pyridine rings is 1. The highest BCUT2D eigenvalue weighted by atomic mass is 19.4. The summed E-state index contributed by atoms with van der Waals surface area (Å²) in [6, 6.07) is 19.4. The molecule has 47 heavy (non-hydrogen) atoms. The van der Waals surface area contributed by atoms with Crippen LogP contribution < -0.4 is 19.9 Å². The maximum Gasteiger partial charge on any atom is 0.437 e. The molecule has 2 saturated heterocycles. The number of anilines is 3. The summed E-state index contributed by atoms with van der Waals surface area (Å²) in [5.74, 6) is -1.19. The van der Waals surface area contributed by atoms with Gasteiger partial charge in [-0.25, -0.2) is 9.78 Å². The van der Waals surface area contributed by atoms with E-state index in [0.29, 0.717) is 50.3 Å². The molecule has 0 aliphatic carbocycles. The summed E-state index contributed by atoms with van der Waals surface area (Å²) < 4.78 is 53.0. The monoisotopic (exact) mass is 649 g/mol. The van der Waals surface area contributed by atoms with Gasteiger partial charge in [-0.1, -0.05) is 36.4 Å². The average Bonchev–Trinajstić information content (AvgIpc) is 3.56. The topological polar surface area (TPSA) is 121 Å². The number of carboxylic acid groups (broad SMARTS) is 1. The van der Waals surface area contributed by atoms with Gasteiger partial charge in [0.2, 0.25) is 5.76 Å². The Hall–Kier alpha value is -5.07. The number of carbonyl (C=O) groups is 2. The molecule has 10 nitrogen and oxygen atoms in total. The molecule has 13 heteroatoms. The number of aromatic carboxylic acids is 1. The predicted octanol–water partition coefficient (Wildman–Crippen LogP) is 6.72. The van der Waals surface area contributed by atoms with Crippen LogP contribution in [-0.4, -0.2) is 59.7 Å². The third-order valence-corrected chi connectivity index (χ3v) is 8.64. The predicted molar refractivity (Wildman–Crippen MR) is 168 cm³/mol. The molecule has 2 aromatic carbocycles. The number of halogens is 3. The van der Waals surface area contributed by atoms with Gasteiger partial charge < -0.3 is 29.4 Å². The van der Waals surface area contributed by atoms with Crippen LogP contribution in [0.3, 0.4) is 0 Å². The van der Waals surface area contributed by atoms with Crippen LogP contribution in [0.15, 0.2) is 77.3 Å². The summed E-state index contributed by atoms with van der Waals surface area (Å²) >= 11 is 0. The van der Waals surface area contributed by atoms with Crippen LogP contribution in [-0.2, 0) is 6.18 Å². The minimum Gasteiger partial charge on any atom is -0.493 e. The Bertz CT molecular complexity index is 1680. The number of nitrogens with zero attached hydrogens (tertiary/aromatic N) is 4. The van der Waals surface area contributed by atoms with Crippen molar-refractivity contribution in [2.24, 2.45) is 5.92 Å². The molecule has 0 spiro atoms. The first-order valence-electron chi connectivity index (χ1n) is 15.5. The number of oxazole rings is 1. The second-order valence-electron chi connectivity index (χ2n) is 11.8. The van der Waals surface area contributed by atoms with E-state index in [2.05, 4.69) is 20.2 Å². The lowest BCUT2D eigenvalue weighted by molar-refractivity contribution is -0.141. The molecule has 4 heterocycles. The van der Waals surface area contributed by atoms with E-state index in [0.717, 1.165) is 25.7 Å². The molecule has 4 aromatic rings. The Morgan fingerprint density at radius 2 is 1.66 bits per heavy atom. The van der Waals surface area contributed by atoms with E-state index in [4.69, 9.17) is 14.3 Å². The first-order valence-corrected chi connectivity index (χ1v) is 15.5. The van der Waals surface area contributed by atoms with E-state index in [1.165, 1.54) is 23.9 Å². The van der Waals surface area contributed by atoms with Gasteiger partial charge in [-0.2, -0.15) is 18.2 Å².